The second-order valence-electron chi connectivity index (χ2n) is 5.08. The summed E-state index contributed by atoms with van der Waals surface area (Å²) in [6, 6.07) is 12.5. The Balaban J connectivity index is 1.67. The minimum Gasteiger partial charge on any atom is -0.363 e. The van der Waals surface area contributed by atoms with Crippen molar-refractivity contribution in [2.24, 2.45) is 0 Å². The molecule has 1 atom stereocenters. The molecule has 0 amide bonds. The first-order chi connectivity index (χ1) is 10.2. The summed E-state index contributed by atoms with van der Waals surface area (Å²) in [6.45, 7) is 5.92. The molecule has 21 heavy (non-hydrogen) atoms. The average Bonchev–Trinajstić information content (AvgIpc) is 2.90. The lowest BCUT2D eigenvalue weighted by Gasteiger charge is -2.17. The van der Waals surface area contributed by atoms with Crippen molar-refractivity contribution in [2.45, 2.75) is 32.9 Å². The molecule has 0 saturated carbocycles. The van der Waals surface area contributed by atoms with E-state index in [1.807, 2.05) is 35.1 Å². The van der Waals surface area contributed by atoms with Crippen LogP contribution in [0.3, 0.4) is 0 Å². The normalized spacial score (nSPS) is 11.9. The number of hydrogen-bond acceptors (Lipinski definition) is 2. The van der Waals surface area contributed by atoms with Crippen molar-refractivity contribution in [3.8, 4) is 0 Å². The van der Waals surface area contributed by atoms with Crippen LogP contribution >= 0.6 is 12.2 Å². The average molecular weight is 302 g/mol. The van der Waals surface area contributed by atoms with Crippen molar-refractivity contribution >= 4 is 17.3 Å². The highest BCUT2D eigenvalue weighted by molar-refractivity contribution is 7.80. The lowest BCUT2D eigenvalue weighted by Crippen LogP contribution is -2.37. The summed E-state index contributed by atoms with van der Waals surface area (Å²) < 4.78 is 2.00. The fourth-order valence-electron chi connectivity index (χ4n) is 2.14. The largest absolute Gasteiger partial charge is 0.363 e. The van der Waals surface area contributed by atoms with E-state index in [0.29, 0.717) is 5.11 Å². The van der Waals surface area contributed by atoms with E-state index in [1.165, 1.54) is 11.3 Å². The van der Waals surface area contributed by atoms with Gasteiger partial charge in [0.2, 0.25) is 0 Å². The van der Waals surface area contributed by atoms with Gasteiger partial charge in [0, 0.05) is 25.0 Å². The summed E-state index contributed by atoms with van der Waals surface area (Å²) in [7, 11) is 0. The van der Waals surface area contributed by atoms with Crippen LogP contribution in [0.4, 0.5) is 0 Å². The topological polar surface area (TPSA) is 41.9 Å². The van der Waals surface area contributed by atoms with Crippen molar-refractivity contribution in [1.29, 1.82) is 0 Å². The lowest BCUT2D eigenvalue weighted by molar-refractivity contribution is 0.557. The number of rotatable bonds is 6. The van der Waals surface area contributed by atoms with E-state index in [4.69, 9.17) is 12.2 Å². The van der Waals surface area contributed by atoms with Gasteiger partial charge in [-0.25, -0.2) is 0 Å². The monoisotopic (exact) mass is 302 g/mol. The third kappa shape index (κ3) is 4.86. The predicted molar refractivity (Wildman–Crippen MR) is 90.2 cm³/mol. The SMILES string of the molecule is Cc1ccnn1CCCNC(=S)NC(C)c1ccccc1. The minimum absolute atomic E-state index is 0.208. The van der Waals surface area contributed by atoms with Crippen molar-refractivity contribution < 1.29 is 0 Å². The molecule has 5 heteroatoms. The fourth-order valence-corrected chi connectivity index (χ4v) is 2.42. The van der Waals surface area contributed by atoms with Gasteiger partial charge < -0.3 is 10.6 Å². The zero-order chi connectivity index (χ0) is 15.1. The van der Waals surface area contributed by atoms with E-state index in [0.717, 1.165) is 19.5 Å². The Kier molecular flexibility index (Phi) is 5.75. The van der Waals surface area contributed by atoms with Gasteiger partial charge in [0.1, 0.15) is 0 Å². The molecule has 0 aliphatic carbocycles. The molecule has 2 rings (SSSR count). The highest BCUT2D eigenvalue weighted by Crippen LogP contribution is 2.10. The van der Waals surface area contributed by atoms with Crippen LogP contribution in [0.1, 0.15) is 30.6 Å². The number of hydrogen-bond donors (Lipinski definition) is 2. The van der Waals surface area contributed by atoms with Crippen LogP contribution in [-0.4, -0.2) is 21.4 Å². The van der Waals surface area contributed by atoms with Crippen LogP contribution in [0.2, 0.25) is 0 Å². The second kappa shape index (κ2) is 7.78. The summed E-state index contributed by atoms with van der Waals surface area (Å²) in [4.78, 5) is 0. The maximum Gasteiger partial charge on any atom is 0.166 e. The van der Waals surface area contributed by atoms with E-state index in [-0.39, 0.29) is 6.04 Å². The minimum atomic E-state index is 0.208. The van der Waals surface area contributed by atoms with Gasteiger partial charge in [0.25, 0.3) is 0 Å². The number of nitrogens with one attached hydrogen (secondary N) is 2. The Labute approximate surface area is 131 Å². The summed E-state index contributed by atoms with van der Waals surface area (Å²) in [5.41, 5.74) is 2.42. The highest BCUT2D eigenvalue weighted by atomic mass is 32.1. The first kappa shape index (κ1) is 15.5. The van der Waals surface area contributed by atoms with Gasteiger partial charge in [-0.15, -0.1) is 0 Å². The van der Waals surface area contributed by atoms with Gasteiger partial charge in [-0.05, 0) is 44.1 Å². The Bertz CT molecular complexity index is 565. The zero-order valence-electron chi connectivity index (χ0n) is 12.5. The van der Waals surface area contributed by atoms with Gasteiger partial charge in [0.15, 0.2) is 5.11 Å². The Morgan fingerprint density at radius 2 is 2.05 bits per heavy atom. The van der Waals surface area contributed by atoms with Crippen molar-refractivity contribution in [3.63, 3.8) is 0 Å². The van der Waals surface area contributed by atoms with Crippen molar-refractivity contribution in [3.05, 3.63) is 53.9 Å². The van der Waals surface area contributed by atoms with Gasteiger partial charge in [-0.2, -0.15) is 5.10 Å². The third-order valence-electron chi connectivity index (χ3n) is 3.41. The molecule has 1 unspecified atom stereocenters. The summed E-state index contributed by atoms with van der Waals surface area (Å²) in [5, 5.41) is 11.5. The zero-order valence-corrected chi connectivity index (χ0v) is 13.4. The van der Waals surface area contributed by atoms with Crippen LogP contribution in [0.25, 0.3) is 0 Å². The predicted octanol–water partition coefficient (Wildman–Crippen LogP) is 2.81. The molecule has 2 N–H and O–H groups in total. The van der Waals surface area contributed by atoms with Crippen LogP contribution in [0, 0.1) is 6.92 Å². The molecule has 4 nitrogen and oxygen atoms in total. The molecule has 0 fully saturated rings. The van der Waals surface area contributed by atoms with Crippen LogP contribution < -0.4 is 10.6 Å². The van der Waals surface area contributed by atoms with Crippen molar-refractivity contribution in [1.82, 2.24) is 20.4 Å². The van der Waals surface area contributed by atoms with E-state index in [1.54, 1.807) is 0 Å². The first-order valence-electron chi connectivity index (χ1n) is 7.24. The molecule has 1 aromatic heterocycles. The maximum absolute atomic E-state index is 5.32. The Morgan fingerprint density at radius 1 is 1.29 bits per heavy atom. The van der Waals surface area contributed by atoms with Gasteiger partial charge >= 0.3 is 0 Å². The molecule has 0 aliphatic rings. The van der Waals surface area contributed by atoms with E-state index >= 15 is 0 Å². The number of aryl methyl sites for hydroxylation is 2. The standard InChI is InChI=1S/C16H22N4S/c1-13-9-11-18-20(13)12-6-10-17-16(21)19-14(2)15-7-4-3-5-8-15/h3-5,7-9,11,14H,6,10,12H2,1-2H3,(H2,17,19,21). The van der Waals surface area contributed by atoms with Gasteiger partial charge in [-0.3, -0.25) is 4.68 Å². The summed E-state index contributed by atoms with van der Waals surface area (Å²) in [6.07, 6.45) is 2.82. The smallest absolute Gasteiger partial charge is 0.166 e. The van der Waals surface area contributed by atoms with E-state index < -0.39 is 0 Å². The molecule has 1 heterocycles. The van der Waals surface area contributed by atoms with Gasteiger partial charge in [0.05, 0.1) is 6.04 Å². The number of thiocarbonyl (C=S) groups is 1. The Morgan fingerprint density at radius 3 is 2.71 bits per heavy atom. The summed E-state index contributed by atoms with van der Waals surface area (Å²) >= 11 is 5.32. The molecule has 0 radical (unpaired) electrons. The number of benzene rings is 1. The van der Waals surface area contributed by atoms with E-state index in [2.05, 4.69) is 41.7 Å². The highest BCUT2D eigenvalue weighted by Gasteiger charge is 2.05. The van der Waals surface area contributed by atoms with Crippen LogP contribution in [0.5, 0.6) is 0 Å². The van der Waals surface area contributed by atoms with Crippen LogP contribution in [-0.2, 0) is 6.54 Å². The quantitative estimate of drug-likeness (QED) is 0.636. The molecular formula is C16H22N4S. The third-order valence-corrected chi connectivity index (χ3v) is 3.67. The maximum atomic E-state index is 5.32. The number of nitrogens with zero attached hydrogens (tertiary/aromatic N) is 2. The van der Waals surface area contributed by atoms with Crippen LogP contribution in [0.15, 0.2) is 42.6 Å². The molecule has 0 aliphatic heterocycles. The molecular weight excluding hydrogens is 280 g/mol. The molecule has 0 saturated heterocycles. The Hall–Kier alpha value is -1.88. The van der Waals surface area contributed by atoms with Gasteiger partial charge in [-0.1, -0.05) is 30.3 Å². The molecule has 0 spiro atoms. The molecule has 1 aromatic carbocycles. The summed E-state index contributed by atoms with van der Waals surface area (Å²) in [5.74, 6) is 0. The molecule has 0 bridgehead atoms. The first-order valence-corrected chi connectivity index (χ1v) is 7.65. The fraction of sp³-hybridized carbons (Fsp3) is 0.375. The van der Waals surface area contributed by atoms with E-state index in [9.17, 15) is 0 Å². The molecule has 2 aromatic rings. The van der Waals surface area contributed by atoms with Crippen molar-refractivity contribution in [2.75, 3.05) is 6.54 Å². The second-order valence-corrected chi connectivity index (χ2v) is 5.49. The number of aromatic nitrogens is 2. The molecule has 112 valence electrons. The lowest BCUT2D eigenvalue weighted by atomic mass is 10.1.